The number of nitro benzene ring substituents is 1. The van der Waals surface area contributed by atoms with Gasteiger partial charge in [0.2, 0.25) is 0 Å². The Bertz CT molecular complexity index is 1080. The Morgan fingerprint density at radius 1 is 1.30 bits per heavy atom. The first-order valence-corrected chi connectivity index (χ1v) is 8.09. The van der Waals surface area contributed by atoms with Crippen LogP contribution >= 0.6 is 0 Å². The summed E-state index contributed by atoms with van der Waals surface area (Å²) in [5.41, 5.74) is -0.658. The lowest BCUT2D eigenvalue weighted by Crippen LogP contribution is -2.35. The standard InChI is InChI=1S/C17H16N4O6/c1-3-27-16(23)11-8(2)18-14-13(15(22)20-17(24)19-14)12(11)9-5-4-6-10(7-9)21(25)26/h4-7,12H,3H2,1-2H3,(H3,18,19,20,22,24)/t12-/m1/s1. The number of allylic oxidation sites excluding steroid dienone is 1. The molecule has 1 aromatic heterocycles. The third-order valence-electron chi connectivity index (χ3n) is 4.18. The van der Waals surface area contributed by atoms with Crippen LogP contribution in [0, 0.1) is 10.1 Å². The zero-order valence-electron chi connectivity index (χ0n) is 14.5. The molecular formula is C17H16N4O6. The fourth-order valence-electron chi connectivity index (χ4n) is 3.12. The number of hydrogen-bond acceptors (Lipinski definition) is 7. The van der Waals surface area contributed by atoms with Crippen molar-refractivity contribution < 1.29 is 14.5 Å². The first-order chi connectivity index (χ1) is 12.8. The number of hydrogen-bond donors (Lipinski definition) is 3. The van der Waals surface area contributed by atoms with Crippen molar-refractivity contribution in [3.8, 4) is 0 Å². The van der Waals surface area contributed by atoms with E-state index in [2.05, 4.69) is 15.3 Å². The summed E-state index contributed by atoms with van der Waals surface area (Å²) in [6.07, 6.45) is 0. The number of nitrogens with zero attached hydrogens (tertiary/aromatic N) is 1. The van der Waals surface area contributed by atoms with Crippen molar-refractivity contribution >= 4 is 17.5 Å². The average Bonchev–Trinajstić information content (AvgIpc) is 2.60. The van der Waals surface area contributed by atoms with Crippen LogP contribution < -0.4 is 16.6 Å². The number of fused-ring (bicyclic) bond motifs is 1. The third kappa shape index (κ3) is 3.24. The highest BCUT2D eigenvalue weighted by Crippen LogP contribution is 2.39. The molecule has 10 heteroatoms. The number of nitro groups is 1. The second-order valence-electron chi connectivity index (χ2n) is 5.87. The van der Waals surface area contributed by atoms with Crippen LogP contribution in [0.3, 0.4) is 0 Å². The SMILES string of the molecule is CCOC(=O)C1=C(C)Nc2[nH]c(=O)[nH]c(=O)c2[C@@H]1c1cccc([N+](=O)[O-])c1. The van der Waals surface area contributed by atoms with Crippen molar-refractivity contribution in [2.24, 2.45) is 0 Å². The van der Waals surface area contributed by atoms with E-state index >= 15 is 0 Å². The number of aromatic amines is 2. The van der Waals surface area contributed by atoms with E-state index in [0.717, 1.165) is 0 Å². The van der Waals surface area contributed by atoms with Crippen LogP contribution in [-0.2, 0) is 9.53 Å². The Hall–Kier alpha value is -3.69. The zero-order chi connectivity index (χ0) is 19.7. The fourth-order valence-corrected chi connectivity index (χ4v) is 3.12. The molecular weight excluding hydrogens is 356 g/mol. The molecule has 2 heterocycles. The topological polar surface area (TPSA) is 147 Å². The number of rotatable bonds is 4. The van der Waals surface area contributed by atoms with E-state index < -0.39 is 28.1 Å². The number of anilines is 1. The van der Waals surface area contributed by atoms with Gasteiger partial charge in [0.25, 0.3) is 11.2 Å². The number of H-pyrrole nitrogens is 2. The van der Waals surface area contributed by atoms with Gasteiger partial charge >= 0.3 is 11.7 Å². The summed E-state index contributed by atoms with van der Waals surface area (Å²) in [6, 6.07) is 5.64. The van der Waals surface area contributed by atoms with Gasteiger partial charge in [0.15, 0.2) is 0 Å². The molecule has 0 spiro atoms. The third-order valence-corrected chi connectivity index (χ3v) is 4.18. The minimum Gasteiger partial charge on any atom is -0.463 e. The Morgan fingerprint density at radius 3 is 2.70 bits per heavy atom. The molecule has 0 saturated carbocycles. The highest BCUT2D eigenvalue weighted by atomic mass is 16.6. The van der Waals surface area contributed by atoms with E-state index in [9.17, 15) is 24.5 Å². The van der Waals surface area contributed by atoms with Crippen molar-refractivity contribution in [2.45, 2.75) is 19.8 Å². The Morgan fingerprint density at radius 2 is 2.04 bits per heavy atom. The lowest BCUT2D eigenvalue weighted by atomic mass is 9.82. The maximum atomic E-state index is 12.6. The molecule has 0 radical (unpaired) electrons. The van der Waals surface area contributed by atoms with Gasteiger partial charge in [0.05, 0.1) is 28.6 Å². The van der Waals surface area contributed by atoms with Crippen LogP contribution in [0.5, 0.6) is 0 Å². The first-order valence-electron chi connectivity index (χ1n) is 8.09. The van der Waals surface area contributed by atoms with Crippen molar-refractivity contribution in [3.63, 3.8) is 0 Å². The number of non-ortho nitro benzene ring substituents is 1. The molecule has 1 aromatic carbocycles. The largest absolute Gasteiger partial charge is 0.463 e. The molecule has 1 aliphatic rings. The summed E-state index contributed by atoms with van der Waals surface area (Å²) in [4.78, 5) is 51.9. The van der Waals surface area contributed by atoms with Crippen LogP contribution in [0.4, 0.5) is 11.5 Å². The number of ether oxygens (including phenoxy) is 1. The molecule has 1 atom stereocenters. The van der Waals surface area contributed by atoms with Crippen LogP contribution in [-0.4, -0.2) is 27.5 Å². The van der Waals surface area contributed by atoms with Crippen LogP contribution in [0.25, 0.3) is 0 Å². The molecule has 3 rings (SSSR count). The molecule has 0 unspecified atom stereocenters. The van der Waals surface area contributed by atoms with E-state index in [-0.39, 0.29) is 29.2 Å². The lowest BCUT2D eigenvalue weighted by Gasteiger charge is -2.28. The molecule has 140 valence electrons. The second-order valence-corrected chi connectivity index (χ2v) is 5.87. The summed E-state index contributed by atoms with van der Waals surface area (Å²) in [5.74, 6) is -1.47. The van der Waals surface area contributed by atoms with Crippen molar-refractivity contribution in [1.82, 2.24) is 9.97 Å². The molecule has 27 heavy (non-hydrogen) atoms. The minimum absolute atomic E-state index is 0.0729. The number of benzene rings is 1. The first kappa shape index (κ1) is 18.1. The number of esters is 1. The molecule has 1 aliphatic heterocycles. The molecule has 0 fully saturated rings. The normalized spacial score (nSPS) is 15.7. The summed E-state index contributed by atoms with van der Waals surface area (Å²) < 4.78 is 5.10. The predicted molar refractivity (Wildman–Crippen MR) is 95.6 cm³/mol. The summed E-state index contributed by atoms with van der Waals surface area (Å²) in [5, 5.41) is 14.0. The van der Waals surface area contributed by atoms with Gasteiger partial charge in [0, 0.05) is 17.8 Å². The fraction of sp³-hybridized carbons (Fsp3) is 0.235. The van der Waals surface area contributed by atoms with Gasteiger partial charge in [-0.2, -0.15) is 0 Å². The number of carbonyl (C=O) groups is 1. The Labute approximate surface area is 152 Å². The molecule has 0 aliphatic carbocycles. The molecule has 0 amide bonds. The van der Waals surface area contributed by atoms with Gasteiger partial charge in [-0.05, 0) is 19.4 Å². The molecule has 10 nitrogen and oxygen atoms in total. The monoisotopic (exact) mass is 372 g/mol. The van der Waals surface area contributed by atoms with E-state index in [4.69, 9.17) is 4.74 Å². The maximum Gasteiger partial charge on any atom is 0.336 e. The van der Waals surface area contributed by atoms with Crippen molar-refractivity contribution in [3.05, 3.63) is 77.6 Å². The summed E-state index contributed by atoms with van der Waals surface area (Å²) in [7, 11) is 0. The number of aromatic nitrogens is 2. The van der Waals surface area contributed by atoms with E-state index in [1.54, 1.807) is 19.9 Å². The predicted octanol–water partition coefficient (Wildman–Crippen LogP) is 1.37. The highest BCUT2D eigenvalue weighted by molar-refractivity contribution is 5.94. The van der Waals surface area contributed by atoms with E-state index in [1.807, 2.05) is 0 Å². The van der Waals surface area contributed by atoms with Gasteiger partial charge in [-0.3, -0.25) is 24.9 Å². The van der Waals surface area contributed by atoms with Crippen LogP contribution in [0.15, 0.2) is 45.1 Å². The quantitative estimate of drug-likeness (QED) is 0.417. The van der Waals surface area contributed by atoms with Crippen molar-refractivity contribution in [2.75, 3.05) is 11.9 Å². The van der Waals surface area contributed by atoms with E-state index in [0.29, 0.717) is 11.3 Å². The Kier molecular flexibility index (Phi) is 4.63. The molecule has 2 aromatic rings. The second kappa shape index (κ2) is 6.90. The molecule has 3 N–H and O–H groups in total. The zero-order valence-corrected chi connectivity index (χ0v) is 14.5. The average molecular weight is 372 g/mol. The minimum atomic E-state index is -0.944. The number of carbonyl (C=O) groups excluding carboxylic acids is 1. The highest BCUT2D eigenvalue weighted by Gasteiger charge is 2.36. The summed E-state index contributed by atoms with van der Waals surface area (Å²) in [6.45, 7) is 3.36. The molecule has 0 saturated heterocycles. The smallest absolute Gasteiger partial charge is 0.336 e. The number of nitrogens with one attached hydrogen (secondary N) is 3. The van der Waals surface area contributed by atoms with Gasteiger partial charge < -0.3 is 10.1 Å². The summed E-state index contributed by atoms with van der Waals surface area (Å²) >= 11 is 0. The van der Waals surface area contributed by atoms with Gasteiger partial charge in [0.1, 0.15) is 5.82 Å². The van der Waals surface area contributed by atoms with E-state index in [1.165, 1.54) is 18.2 Å². The Balaban J connectivity index is 2.30. The van der Waals surface area contributed by atoms with Gasteiger partial charge in [-0.15, -0.1) is 0 Å². The van der Waals surface area contributed by atoms with Crippen LogP contribution in [0.1, 0.15) is 30.9 Å². The lowest BCUT2D eigenvalue weighted by molar-refractivity contribution is -0.384. The van der Waals surface area contributed by atoms with Gasteiger partial charge in [-0.25, -0.2) is 9.59 Å². The molecule has 0 bridgehead atoms. The van der Waals surface area contributed by atoms with Gasteiger partial charge in [-0.1, -0.05) is 12.1 Å². The van der Waals surface area contributed by atoms with Crippen LogP contribution in [0.2, 0.25) is 0 Å². The maximum absolute atomic E-state index is 12.6. The van der Waals surface area contributed by atoms with Crippen molar-refractivity contribution in [1.29, 1.82) is 0 Å².